The quantitative estimate of drug-likeness (QED) is 0.728. The van der Waals surface area contributed by atoms with Gasteiger partial charge in [-0.2, -0.15) is 0 Å². The van der Waals surface area contributed by atoms with Crippen LogP contribution >= 0.6 is 0 Å². The van der Waals surface area contributed by atoms with E-state index in [2.05, 4.69) is 4.98 Å². The largest absolute Gasteiger partial charge is 0.436 e. The van der Waals surface area contributed by atoms with Crippen LogP contribution in [0.25, 0.3) is 0 Å². The van der Waals surface area contributed by atoms with Gasteiger partial charge in [0.1, 0.15) is 11.6 Å². The van der Waals surface area contributed by atoms with Gasteiger partial charge in [0, 0.05) is 49.7 Å². The Labute approximate surface area is 188 Å². The number of likely N-dealkylation sites (tertiary alicyclic amines) is 1. The van der Waals surface area contributed by atoms with Gasteiger partial charge in [-0.25, -0.2) is 15.0 Å². The number of aryl methyl sites for hydroxylation is 3. The summed E-state index contributed by atoms with van der Waals surface area (Å²) in [5.41, 5.74) is 2.76. The van der Waals surface area contributed by atoms with E-state index in [4.69, 9.17) is 14.4 Å². The SMILES string of the molecule is Cc1nc(C)c(C(=O)N2CCC(c3nc(C)c4c(n3)N(C3CCCC3)C(=O)CC4)CC2)o1. The van der Waals surface area contributed by atoms with Gasteiger partial charge in [-0.1, -0.05) is 12.8 Å². The van der Waals surface area contributed by atoms with Crippen LogP contribution < -0.4 is 4.90 Å². The maximum absolute atomic E-state index is 12.9. The van der Waals surface area contributed by atoms with Crippen molar-refractivity contribution in [3.8, 4) is 0 Å². The maximum Gasteiger partial charge on any atom is 0.291 e. The topological polar surface area (TPSA) is 92.4 Å². The van der Waals surface area contributed by atoms with E-state index < -0.39 is 0 Å². The molecular weight excluding hydrogens is 406 g/mol. The van der Waals surface area contributed by atoms with Gasteiger partial charge < -0.3 is 9.32 Å². The van der Waals surface area contributed by atoms with Gasteiger partial charge in [-0.05, 0) is 46.0 Å². The molecule has 2 aromatic heterocycles. The lowest BCUT2D eigenvalue weighted by atomic mass is 9.94. The van der Waals surface area contributed by atoms with Crippen molar-refractivity contribution in [2.75, 3.05) is 18.0 Å². The molecule has 8 heteroatoms. The van der Waals surface area contributed by atoms with Crippen molar-refractivity contribution < 1.29 is 14.0 Å². The summed E-state index contributed by atoms with van der Waals surface area (Å²) < 4.78 is 5.52. The Morgan fingerprint density at radius 3 is 2.31 bits per heavy atom. The van der Waals surface area contributed by atoms with E-state index in [0.717, 1.165) is 55.0 Å². The molecule has 2 aromatic rings. The number of carbonyl (C=O) groups excluding carboxylic acids is 2. The van der Waals surface area contributed by atoms with Crippen molar-refractivity contribution in [3.05, 3.63) is 34.4 Å². The number of rotatable bonds is 3. The van der Waals surface area contributed by atoms with E-state index in [1.54, 1.807) is 13.8 Å². The van der Waals surface area contributed by atoms with Crippen LogP contribution in [0.4, 0.5) is 5.82 Å². The lowest BCUT2D eigenvalue weighted by Crippen LogP contribution is -2.43. The first-order chi connectivity index (χ1) is 15.4. The second-order valence-electron chi connectivity index (χ2n) is 9.39. The van der Waals surface area contributed by atoms with E-state index in [0.29, 0.717) is 36.9 Å². The van der Waals surface area contributed by atoms with Gasteiger partial charge >= 0.3 is 0 Å². The normalized spacial score (nSPS) is 20.2. The molecule has 1 saturated heterocycles. The number of nitrogens with zero attached hydrogens (tertiary/aromatic N) is 5. The first kappa shape index (κ1) is 21.1. The van der Waals surface area contributed by atoms with Crippen LogP contribution in [0, 0.1) is 20.8 Å². The molecule has 3 aliphatic rings. The molecule has 0 radical (unpaired) electrons. The van der Waals surface area contributed by atoms with E-state index in [1.165, 1.54) is 12.8 Å². The Hall–Kier alpha value is -2.77. The number of piperidine rings is 1. The van der Waals surface area contributed by atoms with Crippen molar-refractivity contribution in [1.29, 1.82) is 0 Å². The highest BCUT2D eigenvalue weighted by Gasteiger charge is 2.36. The Bertz CT molecular complexity index is 1050. The number of fused-ring (bicyclic) bond motifs is 1. The van der Waals surface area contributed by atoms with Gasteiger partial charge in [-0.3, -0.25) is 14.5 Å². The predicted octanol–water partition coefficient (Wildman–Crippen LogP) is 3.63. The van der Waals surface area contributed by atoms with Gasteiger partial charge in [0.25, 0.3) is 5.91 Å². The Kier molecular flexibility index (Phi) is 5.47. The summed E-state index contributed by atoms with van der Waals surface area (Å²) in [5, 5.41) is 0. The number of anilines is 1. The fraction of sp³-hybridized carbons (Fsp3) is 0.625. The van der Waals surface area contributed by atoms with Gasteiger partial charge in [-0.15, -0.1) is 0 Å². The number of hydrogen-bond acceptors (Lipinski definition) is 6. The Balaban J connectivity index is 1.35. The fourth-order valence-electron chi connectivity index (χ4n) is 5.50. The van der Waals surface area contributed by atoms with Crippen LogP contribution in [-0.4, -0.2) is 50.8 Å². The van der Waals surface area contributed by atoms with Crippen LogP contribution in [0.15, 0.2) is 4.42 Å². The zero-order chi connectivity index (χ0) is 22.4. The minimum atomic E-state index is -0.0953. The van der Waals surface area contributed by atoms with Crippen molar-refractivity contribution in [3.63, 3.8) is 0 Å². The highest BCUT2D eigenvalue weighted by molar-refractivity contribution is 5.96. The van der Waals surface area contributed by atoms with Crippen LogP contribution in [0.1, 0.15) is 90.1 Å². The first-order valence-electron chi connectivity index (χ1n) is 11.8. The van der Waals surface area contributed by atoms with Crippen LogP contribution in [-0.2, 0) is 11.2 Å². The second-order valence-corrected chi connectivity index (χ2v) is 9.39. The second kappa shape index (κ2) is 8.30. The summed E-state index contributed by atoms with van der Waals surface area (Å²) in [7, 11) is 0. The van der Waals surface area contributed by atoms with Crippen LogP contribution in [0.2, 0.25) is 0 Å². The molecular formula is C24H31N5O3. The number of oxazole rings is 1. The summed E-state index contributed by atoms with van der Waals surface area (Å²) >= 11 is 0. The van der Waals surface area contributed by atoms with Crippen molar-refractivity contribution in [1.82, 2.24) is 19.9 Å². The summed E-state index contributed by atoms with van der Waals surface area (Å²) in [4.78, 5) is 43.6. The molecule has 0 spiro atoms. The molecule has 0 aromatic carbocycles. The molecule has 8 nitrogen and oxygen atoms in total. The minimum absolute atomic E-state index is 0.0953. The predicted molar refractivity (Wildman–Crippen MR) is 119 cm³/mol. The number of carbonyl (C=O) groups is 2. The minimum Gasteiger partial charge on any atom is -0.436 e. The molecule has 2 fully saturated rings. The summed E-state index contributed by atoms with van der Waals surface area (Å²) in [6.45, 7) is 6.87. The lowest BCUT2D eigenvalue weighted by molar-refractivity contribution is -0.119. The number of aromatic nitrogens is 3. The summed E-state index contributed by atoms with van der Waals surface area (Å²) in [6.07, 6.45) is 7.35. The molecule has 0 unspecified atom stereocenters. The number of hydrogen-bond donors (Lipinski definition) is 0. The summed E-state index contributed by atoms with van der Waals surface area (Å²) in [5.74, 6) is 2.81. The van der Waals surface area contributed by atoms with Crippen molar-refractivity contribution in [2.24, 2.45) is 0 Å². The standard InChI is InChI=1S/C24H31N5O3/c1-14-19-8-9-20(30)29(18-6-4-5-7-18)23(19)27-22(26-14)17-10-12-28(13-11-17)24(31)21-15(2)25-16(3)32-21/h17-18H,4-13H2,1-3H3. The third-order valence-electron chi connectivity index (χ3n) is 7.23. The van der Waals surface area contributed by atoms with E-state index >= 15 is 0 Å². The van der Waals surface area contributed by atoms with Gasteiger partial charge in [0.05, 0.1) is 5.69 Å². The smallest absolute Gasteiger partial charge is 0.291 e. The Morgan fingerprint density at radius 2 is 1.66 bits per heavy atom. The molecule has 2 amide bonds. The molecule has 0 N–H and O–H groups in total. The average molecular weight is 438 g/mol. The van der Waals surface area contributed by atoms with E-state index in [1.807, 2.05) is 16.7 Å². The molecule has 5 rings (SSSR count). The average Bonchev–Trinajstić information content (AvgIpc) is 3.42. The maximum atomic E-state index is 12.9. The third-order valence-corrected chi connectivity index (χ3v) is 7.23. The molecule has 4 heterocycles. The lowest BCUT2D eigenvalue weighted by Gasteiger charge is -2.35. The van der Waals surface area contributed by atoms with E-state index in [9.17, 15) is 9.59 Å². The highest BCUT2D eigenvalue weighted by Crippen LogP contribution is 2.36. The molecule has 1 saturated carbocycles. The van der Waals surface area contributed by atoms with Crippen molar-refractivity contribution >= 4 is 17.6 Å². The van der Waals surface area contributed by atoms with Gasteiger partial charge in [0.15, 0.2) is 5.89 Å². The first-order valence-corrected chi connectivity index (χ1v) is 11.8. The molecule has 0 atom stereocenters. The monoisotopic (exact) mass is 437 g/mol. The molecule has 0 bridgehead atoms. The number of amides is 2. The third kappa shape index (κ3) is 3.69. The zero-order valence-corrected chi connectivity index (χ0v) is 19.2. The van der Waals surface area contributed by atoms with Crippen LogP contribution in [0.5, 0.6) is 0 Å². The van der Waals surface area contributed by atoms with Gasteiger partial charge in [0.2, 0.25) is 11.7 Å². The molecule has 32 heavy (non-hydrogen) atoms. The molecule has 170 valence electrons. The summed E-state index contributed by atoms with van der Waals surface area (Å²) in [6, 6.07) is 0.275. The Morgan fingerprint density at radius 1 is 0.938 bits per heavy atom. The van der Waals surface area contributed by atoms with Crippen LogP contribution in [0.3, 0.4) is 0 Å². The zero-order valence-electron chi connectivity index (χ0n) is 19.2. The van der Waals surface area contributed by atoms with E-state index in [-0.39, 0.29) is 23.8 Å². The molecule has 2 aliphatic heterocycles. The van der Waals surface area contributed by atoms with Crippen molar-refractivity contribution in [2.45, 2.75) is 84.1 Å². The fourth-order valence-corrected chi connectivity index (χ4v) is 5.50. The molecule has 1 aliphatic carbocycles. The highest BCUT2D eigenvalue weighted by atomic mass is 16.4.